The Balaban J connectivity index is 1.22. The standard InChI is InChI=1S/C30H26F2N4O3/c1-18-12-22(39-28-5-3-2-4-24(28)31)6-7-26(18)36-30(33)23(17-34-36)29(37)21-13-19-15-25(32)27(16-20(19)14-21)35-8-10-38-11-9-35/h2-7,12-13,15-17H,8-11,14,33H2,1H3. The van der Waals surface area contributed by atoms with Gasteiger partial charge in [-0.05, 0) is 72.2 Å². The number of allylic oxidation sites excluding steroid dienone is 1. The van der Waals surface area contributed by atoms with E-state index >= 15 is 0 Å². The van der Waals surface area contributed by atoms with Gasteiger partial charge in [-0.3, -0.25) is 4.79 Å². The van der Waals surface area contributed by atoms with Crippen molar-refractivity contribution in [3.8, 4) is 17.2 Å². The molecule has 0 saturated carbocycles. The predicted molar refractivity (Wildman–Crippen MR) is 145 cm³/mol. The molecule has 0 bridgehead atoms. The molecule has 2 heterocycles. The minimum atomic E-state index is -0.456. The summed E-state index contributed by atoms with van der Waals surface area (Å²) in [5, 5.41) is 4.37. The summed E-state index contributed by atoms with van der Waals surface area (Å²) in [5.41, 5.74) is 10.8. The van der Waals surface area contributed by atoms with E-state index in [9.17, 15) is 13.6 Å². The van der Waals surface area contributed by atoms with Crippen molar-refractivity contribution in [2.75, 3.05) is 36.9 Å². The molecule has 7 nitrogen and oxygen atoms in total. The smallest absolute Gasteiger partial charge is 0.194 e. The molecule has 6 rings (SSSR count). The van der Waals surface area contributed by atoms with Crippen LogP contribution in [-0.4, -0.2) is 41.9 Å². The van der Waals surface area contributed by atoms with Gasteiger partial charge in [0.2, 0.25) is 0 Å². The van der Waals surface area contributed by atoms with Crippen molar-refractivity contribution in [1.29, 1.82) is 0 Å². The van der Waals surface area contributed by atoms with Gasteiger partial charge in [-0.25, -0.2) is 13.5 Å². The molecular weight excluding hydrogens is 502 g/mol. The second kappa shape index (κ2) is 9.99. The van der Waals surface area contributed by atoms with E-state index in [1.54, 1.807) is 42.5 Å². The number of carbonyl (C=O) groups excluding carboxylic acids is 1. The number of fused-ring (bicyclic) bond motifs is 1. The van der Waals surface area contributed by atoms with Crippen molar-refractivity contribution < 1.29 is 23.0 Å². The summed E-state index contributed by atoms with van der Waals surface area (Å²) < 4.78 is 41.4. The number of Topliss-reactive ketones (excluding diaryl/α,β-unsaturated/α-hetero) is 1. The number of hydrogen-bond donors (Lipinski definition) is 1. The number of hydrogen-bond acceptors (Lipinski definition) is 6. The lowest BCUT2D eigenvalue weighted by atomic mass is 10.0. The minimum absolute atomic E-state index is 0.124. The number of rotatable bonds is 6. The fraction of sp³-hybridized carbons (Fsp3) is 0.200. The quantitative estimate of drug-likeness (QED) is 0.333. The summed E-state index contributed by atoms with van der Waals surface area (Å²) in [7, 11) is 0. The van der Waals surface area contributed by atoms with E-state index in [4.69, 9.17) is 15.2 Å². The van der Waals surface area contributed by atoms with Gasteiger partial charge in [0.05, 0.1) is 36.3 Å². The van der Waals surface area contributed by atoms with E-state index in [0.29, 0.717) is 61.0 Å². The molecule has 1 aromatic heterocycles. The Morgan fingerprint density at radius 3 is 2.59 bits per heavy atom. The molecule has 2 aliphatic rings. The van der Waals surface area contributed by atoms with Crippen LogP contribution < -0.4 is 15.4 Å². The Bertz CT molecular complexity index is 1620. The van der Waals surface area contributed by atoms with Gasteiger partial charge in [0.25, 0.3) is 0 Å². The number of aryl methyl sites for hydroxylation is 1. The van der Waals surface area contributed by atoms with E-state index in [0.717, 1.165) is 11.1 Å². The van der Waals surface area contributed by atoms with E-state index in [1.165, 1.54) is 23.0 Å². The number of nitrogens with two attached hydrogens (primary N) is 1. The number of ether oxygens (including phenoxy) is 2. The van der Waals surface area contributed by atoms with Crippen molar-refractivity contribution in [2.45, 2.75) is 13.3 Å². The molecule has 39 heavy (non-hydrogen) atoms. The van der Waals surface area contributed by atoms with Gasteiger partial charge in [-0.15, -0.1) is 0 Å². The average Bonchev–Trinajstić information content (AvgIpc) is 3.53. The van der Waals surface area contributed by atoms with Crippen LogP contribution in [0.1, 0.15) is 27.0 Å². The van der Waals surface area contributed by atoms with Gasteiger partial charge in [-0.2, -0.15) is 5.10 Å². The van der Waals surface area contributed by atoms with Crippen LogP contribution in [0.25, 0.3) is 11.8 Å². The molecule has 3 aromatic carbocycles. The van der Waals surface area contributed by atoms with Crippen molar-refractivity contribution >= 4 is 23.4 Å². The molecule has 1 aliphatic carbocycles. The molecular formula is C30H26F2N4O3. The van der Waals surface area contributed by atoms with Crippen molar-refractivity contribution in [3.05, 3.63) is 100 Å². The number of halogens is 2. The predicted octanol–water partition coefficient (Wildman–Crippen LogP) is 5.49. The van der Waals surface area contributed by atoms with Crippen LogP contribution in [0.15, 0.2) is 66.4 Å². The third kappa shape index (κ3) is 4.66. The fourth-order valence-electron chi connectivity index (χ4n) is 5.03. The number of nitrogen functional groups attached to an aromatic ring is 1. The maximum absolute atomic E-state index is 14.9. The monoisotopic (exact) mass is 528 g/mol. The third-order valence-electron chi connectivity index (χ3n) is 7.07. The zero-order chi connectivity index (χ0) is 27.1. The lowest BCUT2D eigenvalue weighted by Gasteiger charge is -2.29. The number of benzene rings is 3. The molecule has 2 N–H and O–H groups in total. The molecule has 0 unspecified atom stereocenters. The summed E-state index contributed by atoms with van der Waals surface area (Å²) >= 11 is 0. The van der Waals surface area contributed by atoms with Gasteiger partial charge in [-0.1, -0.05) is 12.1 Å². The van der Waals surface area contributed by atoms with E-state index in [1.807, 2.05) is 17.9 Å². The highest BCUT2D eigenvalue weighted by atomic mass is 19.1. The summed E-state index contributed by atoms with van der Waals surface area (Å²) in [6, 6.07) is 14.7. The van der Waals surface area contributed by atoms with E-state index in [-0.39, 0.29) is 28.7 Å². The zero-order valence-corrected chi connectivity index (χ0v) is 21.3. The summed E-state index contributed by atoms with van der Waals surface area (Å²) in [5.74, 6) is -0.240. The third-order valence-corrected chi connectivity index (χ3v) is 7.07. The van der Waals surface area contributed by atoms with Gasteiger partial charge in [0.15, 0.2) is 17.3 Å². The van der Waals surface area contributed by atoms with Gasteiger partial charge >= 0.3 is 0 Å². The Hall–Kier alpha value is -4.50. The van der Waals surface area contributed by atoms with Crippen LogP contribution in [0.4, 0.5) is 20.3 Å². The topological polar surface area (TPSA) is 82.6 Å². The highest BCUT2D eigenvalue weighted by Crippen LogP contribution is 2.34. The Morgan fingerprint density at radius 2 is 1.82 bits per heavy atom. The van der Waals surface area contributed by atoms with Crippen LogP contribution in [-0.2, 0) is 11.2 Å². The molecule has 0 atom stereocenters. The number of para-hydroxylation sites is 1. The van der Waals surface area contributed by atoms with Crippen LogP contribution in [0, 0.1) is 18.6 Å². The van der Waals surface area contributed by atoms with E-state index < -0.39 is 5.82 Å². The summed E-state index contributed by atoms with van der Waals surface area (Å²) in [6.07, 6.45) is 3.56. The second-order valence-electron chi connectivity index (χ2n) is 9.61. The fourth-order valence-corrected chi connectivity index (χ4v) is 5.03. The molecule has 1 fully saturated rings. The van der Waals surface area contributed by atoms with Gasteiger partial charge < -0.3 is 20.1 Å². The van der Waals surface area contributed by atoms with Crippen LogP contribution >= 0.6 is 0 Å². The molecule has 198 valence electrons. The number of aromatic nitrogens is 2. The Labute approximate surface area is 224 Å². The summed E-state index contributed by atoms with van der Waals surface area (Å²) in [6.45, 7) is 4.22. The number of nitrogens with zero attached hydrogens (tertiary/aromatic N) is 3. The molecule has 9 heteroatoms. The Morgan fingerprint density at radius 1 is 1.03 bits per heavy atom. The number of carbonyl (C=O) groups is 1. The van der Waals surface area contributed by atoms with Crippen LogP contribution in [0.2, 0.25) is 0 Å². The van der Waals surface area contributed by atoms with Gasteiger partial charge in [0.1, 0.15) is 17.4 Å². The maximum Gasteiger partial charge on any atom is 0.194 e. The average molecular weight is 529 g/mol. The van der Waals surface area contributed by atoms with Crippen molar-refractivity contribution in [3.63, 3.8) is 0 Å². The first-order valence-corrected chi connectivity index (χ1v) is 12.7. The largest absolute Gasteiger partial charge is 0.454 e. The lowest BCUT2D eigenvalue weighted by Crippen LogP contribution is -2.36. The molecule has 4 aromatic rings. The van der Waals surface area contributed by atoms with Gasteiger partial charge in [0, 0.05) is 25.1 Å². The molecule has 0 spiro atoms. The van der Waals surface area contributed by atoms with E-state index in [2.05, 4.69) is 5.10 Å². The van der Waals surface area contributed by atoms with Crippen molar-refractivity contribution in [2.24, 2.45) is 0 Å². The maximum atomic E-state index is 14.9. The van der Waals surface area contributed by atoms with Crippen LogP contribution in [0.5, 0.6) is 11.5 Å². The summed E-state index contributed by atoms with van der Waals surface area (Å²) in [4.78, 5) is 15.4. The molecule has 0 radical (unpaired) electrons. The van der Waals surface area contributed by atoms with Crippen LogP contribution in [0.3, 0.4) is 0 Å². The highest BCUT2D eigenvalue weighted by Gasteiger charge is 2.26. The normalized spacial score (nSPS) is 14.7. The molecule has 1 aliphatic heterocycles. The zero-order valence-electron chi connectivity index (χ0n) is 21.3. The first kappa shape index (κ1) is 24.8. The first-order chi connectivity index (χ1) is 18.9. The number of ketones is 1. The first-order valence-electron chi connectivity index (χ1n) is 12.7. The minimum Gasteiger partial charge on any atom is -0.454 e. The SMILES string of the molecule is Cc1cc(Oc2ccccc2F)ccc1-n1ncc(C(=O)C2=Cc3cc(F)c(N4CCOCC4)cc3C2)c1N. The van der Waals surface area contributed by atoms with Crippen molar-refractivity contribution in [1.82, 2.24) is 9.78 Å². The molecule has 0 amide bonds. The number of morpholine rings is 1. The number of anilines is 2. The Kier molecular flexibility index (Phi) is 6.36. The molecule has 1 saturated heterocycles. The highest BCUT2D eigenvalue weighted by molar-refractivity contribution is 6.15. The lowest BCUT2D eigenvalue weighted by molar-refractivity contribution is 0.103. The second-order valence-corrected chi connectivity index (χ2v) is 9.61.